The molecule has 1 amide bonds. The van der Waals surface area contributed by atoms with Gasteiger partial charge in [-0.1, -0.05) is 6.07 Å². The molecule has 2 N–H and O–H groups in total. The molecule has 6 heteroatoms. The van der Waals surface area contributed by atoms with Crippen LogP contribution in [-0.2, 0) is 12.6 Å². The van der Waals surface area contributed by atoms with E-state index < -0.39 is 5.60 Å². The van der Waals surface area contributed by atoms with Gasteiger partial charge in [0.1, 0.15) is 5.60 Å². The SMILES string of the molecule is Cc1c(C(=O)NCC(C)(O)c2cccs2)cnn1C. The van der Waals surface area contributed by atoms with Crippen LogP contribution in [-0.4, -0.2) is 27.3 Å². The van der Waals surface area contributed by atoms with Crippen LogP contribution in [0.4, 0.5) is 0 Å². The van der Waals surface area contributed by atoms with Crippen molar-refractivity contribution in [1.29, 1.82) is 0 Å². The van der Waals surface area contributed by atoms with E-state index in [0.29, 0.717) is 5.56 Å². The summed E-state index contributed by atoms with van der Waals surface area (Å²) >= 11 is 1.47. The van der Waals surface area contributed by atoms with E-state index >= 15 is 0 Å². The van der Waals surface area contributed by atoms with Gasteiger partial charge < -0.3 is 10.4 Å². The van der Waals surface area contributed by atoms with Crippen LogP contribution < -0.4 is 5.32 Å². The summed E-state index contributed by atoms with van der Waals surface area (Å²) in [5.41, 5.74) is 0.276. The van der Waals surface area contributed by atoms with Crippen molar-refractivity contribution in [2.24, 2.45) is 7.05 Å². The molecule has 0 aliphatic heterocycles. The standard InChI is InChI=1S/C13H17N3O2S/c1-9-10(7-15-16(9)3)12(17)14-8-13(2,18)11-5-4-6-19-11/h4-7,18H,8H2,1-3H3,(H,14,17). The van der Waals surface area contributed by atoms with Crippen molar-refractivity contribution in [2.75, 3.05) is 6.54 Å². The number of amides is 1. The zero-order valence-corrected chi connectivity index (χ0v) is 12.0. The van der Waals surface area contributed by atoms with Gasteiger partial charge in [-0.05, 0) is 25.3 Å². The highest BCUT2D eigenvalue weighted by Gasteiger charge is 2.25. The van der Waals surface area contributed by atoms with Crippen LogP contribution in [0.5, 0.6) is 0 Å². The minimum absolute atomic E-state index is 0.167. The van der Waals surface area contributed by atoms with Crippen molar-refractivity contribution < 1.29 is 9.90 Å². The van der Waals surface area contributed by atoms with Crippen LogP contribution in [0.15, 0.2) is 23.7 Å². The second-order valence-electron chi connectivity index (χ2n) is 4.70. The lowest BCUT2D eigenvalue weighted by Crippen LogP contribution is -2.38. The molecule has 2 rings (SSSR count). The number of hydrogen-bond donors (Lipinski definition) is 2. The summed E-state index contributed by atoms with van der Waals surface area (Å²) in [5, 5.41) is 19.0. The third kappa shape index (κ3) is 2.85. The molecular weight excluding hydrogens is 262 g/mol. The van der Waals surface area contributed by atoms with Crippen molar-refractivity contribution in [3.63, 3.8) is 0 Å². The Kier molecular flexibility index (Phi) is 3.73. The fourth-order valence-electron chi connectivity index (χ4n) is 1.74. The highest BCUT2D eigenvalue weighted by atomic mass is 32.1. The molecule has 0 bridgehead atoms. The minimum Gasteiger partial charge on any atom is -0.383 e. The predicted molar refractivity (Wildman–Crippen MR) is 74.2 cm³/mol. The maximum absolute atomic E-state index is 12.0. The molecule has 2 heterocycles. The number of thiophene rings is 1. The van der Waals surface area contributed by atoms with E-state index in [9.17, 15) is 9.90 Å². The fourth-order valence-corrected chi connectivity index (χ4v) is 2.53. The van der Waals surface area contributed by atoms with Gasteiger partial charge in [0.25, 0.3) is 5.91 Å². The Labute approximate surface area is 115 Å². The largest absolute Gasteiger partial charge is 0.383 e. The number of aromatic nitrogens is 2. The molecule has 5 nitrogen and oxygen atoms in total. The van der Waals surface area contributed by atoms with Crippen LogP contribution in [0, 0.1) is 6.92 Å². The Balaban J connectivity index is 2.03. The van der Waals surface area contributed by atoms with E-state index in [2.05, 4.69) is 10.4 Å². The Bertz CT molecular complexity index is 573. The first-order valence-corrected chi connectivity index (χ1v) is 6.83. The van der Waals surface area contributed by atoms with E-state index in [-0.39, 0.29) is 12.5 Å². The smallest absolute Gasteiger partial charge is 0.254 e. The molecule has 2 aromatic heterocycles. The number of aryl methyl sites for hydroxylation is 1. The summed E-state index contributed by atoms with van der Waals surface area (Å²) in [4.78, 5) is 12.9. The third-order valence-corrected chi connectivity index (χ3v) is 4.25. The second kappa shape index (κ2) is 5.14. The molecule has 1 atom stereocenters. The topological polar surface area (TPSA) is 67.2 Å². The number of aliphatic hydroxyl groups is 1. The Morgan fingerprint density at radius 1 is 1.63 bits per heavy atom. The number of rotatable bonds is 4. The predicted octanol–water partition coefficient (Wildman–Crippen LogP) is 1.43. The highest BCUT2D eigenvalue weighted by Crippen LogP contribution is 2.24. The third-order valence-electron chi connectivity index (χ3n) is 3.13. The molecule has 0 saturated heterocycles. The summed E-state index contributed by atoms with van der Waals surface area (Å²) in [6.07, 6.45) is 1.53. The molecule has 0 radical (unpaired) electrons. The van der Waals surface area contributed by atoms with E-state index in [4.69, 9.17) is 0 Å². The Hall–Kier alpha value is -1.66. The molecule has 0 saturated carbocycles. The first-order valence-electron chi connectivity index (χ1n) is 5.95. The van der Waals surface area contributed by atoms with Gasteiger partial charge in [-0.2, -0.15) is 5.10 Å². The zero-order valence-electron chi connectivity index (χ0n) is 11.2. The van der Waals surface area contributed by atoms with Gasteiger partial charge in [-0.15, -0.1) is 11.3 Å². The van der Waals surface area contributed by atoms with Gasteiger partial charge in [0.15, 0.2) is 0 Å². The van der Waals surface area contributed by atoms with Crippen LogP contribution in [0.1, 0.15) is 27.9 Å². The number of nitrogens with one attached hydrogen (secondary N) is 1. The Morgan fingerprint density at radius 3 is 2.89 bits per heavy atom. The maximum Gasteiger partial charge on any atom is 0.254 e. The minimum atomic E-state index is -1.06. The fraction of sp³-hybridized carbons (Fsp3) is 0.385. The first-order chi connectivity index (χ1) is 8.92. The molecule has 0 aromatic carbocycles. The molecule has 102 valence electrons. The quantitative estimate of drug-likeness (QED) is 0.889. The molecule has 19 heavy (non-hydrogen) atoms. The highest BCUT2D eigenvalue weighted by molar-refractivity contribution is 7.10. The summed E-state index contributed by atoms with van der Waals surface area (Å²) in [6.45, 7) is 3.69. The number of carbonyl (C=O) groups is 1. The van der Waals surface area contributed by atoms with Crippen LogP contribution in [0.2, 0.25) is 0 Å². The molecule has 0 spiro atoms. The van der Waals surface area contributed by atoms with Gasteiger partial charge in [-0.25, -0.2) is 0 Å². The summed E-state index contributed by atoms with van der Waals surface area (Å²) in [5.74, 6) is -0.220. The number of hydrogen-bond acceptors (Lipinski definition) is 4. The second-order valence-corrected chi connectivity index (χ2v) is 5.65. The number of carbonyl (C=O) groups excluding carboxylic acids is 1. The van der Waals surface area contributed by atoms with E-state index in [1.54, 1.807) is 18.7 Å². The molecule has 0 aliphatic rings. The molecule has 0 aliphatic carbocycles. The van der Waals surface area contributed by atoms with Crippen molar-refractivity contribution in [3.8, 4) is 0 Å². The van der Waals surface area contributed by atoms with Crippen molar-refractivity contribution in [3.05, 3.63) is 39.8 Å². The van der Waals surface area contributed by atoms with Crippen LogP contribution in [0.25, 0.3) is 0 Å². The molecule has 2 aromatic rings. The lowest BCUT2D eigenvalue weighted by atomic mass is 10.1. The molecule has 1 unspecified atom stereocenters. The summed E-state index contributed by atoms with van der Waals surface area (Å²) in [6, 6.07) is 3.73. The lowest BCUT2D eigenvalue weighted by Gasteiger charge is -2.22. The summed E-state index contributed by atoms with van der Waals surface area (Å²) < 4.78 is 1.65. The van der Waals surface area contributed by atoms with Gasteiger partial charge in [0.2, 0.25) is 0 Å². The Morgan fingerprint density at radius 2 is 2.37 bits per heavy atom. The van der Waals surface area contributed by atoms with Crippen LogP contribution >= 0.6 is 11.3 Å². The van der Waals surface area contributed by atoms with Gasteiger partial charge in [-0.3, -0.25) is 9.48 Å². The monoisotopic (exact) mass is 279 g/mol. The summed E-state index contributed by atoms with van der Waals surface area (Å²) in [7, 11) is 1.79. The van der Waals surface area contributed by atoms with E-state index in [1.807, 2.05) is 24.4 Å². The normalized spacial score (nSPS) is 14.1. The average molecular weight is 279 g/mol. The first kappa shape index (κ1) is 13.8. The average Bonchev–Trinajstić information content (AvgIpc) is 2.99. The van der Waals surface area contributed by atoms with Crippen molar-refractivity contribution in [2.45, 2.75) is 19.4 Å². The maximum atomic E-state index is 12.0. The van der Waals surface area contributed by atoms with Crippen molar-refractivity contribution in [1.82, 2.24) is 15.1 Å². The van der Waals surface area contributed by atoms with E-state index in [0.717, 1.165) is 10.6 Å². The van der Waals surface area contributed by atoms with Gasteiger partial charge in [0.05, 0.1) is 18.3 Å². The molecule has 0 fully saturated rings. The van der Waals surface area contributed by atoms with Gasteiger partial charge >= 0.3 is 0 Å². The van der Waals surface area contributed by atoms with Crippen LogP contribution in [0.3, 0.4) is 0 Å². The zero-order chi connectivity index (χ0) is 14.0. The number of nitrogens with zero attached hydrogens (tertiary/aromatic N) is 2. The van der Waals surface area contributed by atoms with Crippen molar-refractivity contribution >= 4 is 17.2 Å². The lowest BCUT2D eigenvalue weighted by molar-refractivity contribution is 0.0556. The van der Waals surface area contributed by atoms with E-state index in [1.165, 1.54) is 17.5 Å². The molecular formula is C13H17N3O2S. The van der Waals surface area contributed by atoms with Gasteiger partial charge in [0, 0.05) is 17.6 Å².